The molecule has 6 nitrogen and oxygen atoms in total. The van der Waals surface area contributed by atoms with Gasteiger partial charge in [0.1, 0.15) is 29.7 Å². The van der Waals surface area contributed by atoms with Gasteiger partial charge >= 0.3 is 0 Å². The highest BCUT2D eigenvalue weighted by Gasteiger charge is 2.39. The molecule has 0 aliphatic carbocycles. The molecule has 0 amide bonds. The number of anilines is 1. The van der Waals surface area contributed by atoms with E-state index < -0.39 is 5.60 Å². The van der Waals surface area contributed by atoms with E-state index >= 15 is 0 Å². The van der Waals surface area contributed by atoms with Crippen molar-refractivity contribution in [2.75, 3.05) is 25.2 Å². The van der Waals surface area contributed by atoms with Crippen LogP contribution in [0.4, 0.5) is 10.1 Å². The number of aryl methyl sites for hydroxylation is 1. The smallest absolute Gasteiger partial charge is 0.131 e. The highest BCUT2D eigenvalue weighted by atomic mass is 19.1. The van der Waals surface area contributed by atoms with E-state index in [0.717, 1.165) is 29.8 Å². The number of halogens is 1. The molecule has 0 unspecified atom stereocenters. The Kier molecular flexibility index (Phi) is 5.34. The molecule has 0 atom stereocenters. The van der Waals surface area contributed by atoms with Crippen LogP contribution in [0.5, 0.6) is 5.75 Å². The lowest BCUT2D eigenvalue weighted by atomic mass is 9.86. The van der Waals surface area contributed by atoms with Crippen LogP contribution >= 0.6 is 0 Å². The third-order valence-corrected chi connectivity index (χ3v) is 6.77. The molecule has 0 radical (unpaired) electrons. The third-order valence-electron chi connectivity index (χ3n) is 6.77. The first kappa shape index (κ1) is 21.2. The number of fused-ring (bicyclic) bond motifs is 3. The Morgan fingerprint density at radius 3 is 2.72 bits per heavy atom. The number of amidine groups is 1. The first-order valence-corrected chi connectivity index (χ1v) is 11.2. The lowest BCUT2D eigenvalue weighted by molar-refractivity contribution is -0.0950. The summed E-state index contributed by atoms with van der Waals surface area (Å²) in [5.74, 6) is 1.28. The molecule has 1 saturated heterocycles. The van der Waals surface area contributed by atoms with Crippen LogP contribution in [0.2, 0.25) is 0 Å². The molecule has 1 N–H and O–H groups in total. The Hall–Kier alpha value is -2.64. The minimum Gasteiger partial charge on any atom is -0.489 e. The van der Waals surface area contributed by atoms with Gasteiger partial charge in [-0.25, -0.2) is 4.39 Å². The van der Waals surface area contributed by atoms with Gasteiger partial charge in [-0.2, -0.15) is 5.10 Å². The van der Waals surface area contributed by atoms with Crippen molar-refractivity contribution in [3.05, 3.63) is 58.9 Å². The second-order valence-corrected chi connectivity index (χ2v) is 9.27. The molecule has 1 fully saturated rings. The minimum absolute atomic E-state index is 0.234. The Bertz CT molecular complexity index is 1050. The van der Waals surface area contributed by atoms with Gasteiger partial charge in [0.15, 0.2) is 0 Å². The number of hydrogen-bond acceptors (Lipinski definition) is 6. The average Bonchev–Trinajstić information content (AvgIpc) is 3.12. The number of ether oxygens (including phenoxy) is 3. The SMILES string of the molecule is COC1(c2cc(F)cc(OCc3ccc4c(c3)CCC3=NNC(C)(C)N34)c2)CCOCC1. The quantitative estimate of drug-likeness (QED) is 0.745. The summed E-state index contributed by atoms with van der Waals surface area (Å²) in [6, 6.07) is 11.3. The van der Waals surface area contributed by atoms with Crippen LogP contribution in [0.25, 0.3) is 0 Å². The number of rotatable bonds is 5. The van der Waals surface area contributed by atoms with Gasteiger partial charge in [-0.1, -0.05) is 12.1 Å². The fraction of sp³-hybridized carbons (Fsp3) is 0.480. The fourth-order valence-electron chi connectivity index (χ4n) is 5.01. The van der Waals surface area contributed by atoms with Gasteiger partial charge in [0.05, 0.1) is 5.60 Å². The van der Waals surface area contributed by atoms with Crippen molar-refractivity contribution in [3.63, 3.8) is 0 Å². The molecule has 0 bridgehead atoms. The molecule has 2 aromatic rings. The lowest BCUT2D eigenvalue weighted by Gasteiger charge is -2.37. The molecule has 7 heteroatoms. The molecule has 3 heterocycles. The first-order chi connectivity index (χ1) is 15.4. The summed E-state index contributed by atoms with van der Waals surface area (Å²) >= 11 is 0. The third kappa shape index (κ3) is 3.73. The van der Waals surface area contributed by atoms with Gasteiger partial charge in [0.25, 0.3) is 0 Å². The van der Waals surface area contributed by atoms with Gasteiger partial charge < -0.3 is 19.1 Å². The lowest BCUT2D eigenvalue weighted by Crippen LogP contribution is -2.51. The Balaban J connectivity index is 1.35. The second kappa shape index (κ2) is 8.05. The molecular formula is C25H30FN3O3. The topological polar surface area (TPSA) is 55.3 Å². The maximum Gasteiger partial charge on any atom is 0.131 e. The molecule has 32 heavy (non-hydrogen) atoms. The molecule has 3 aliphatic heterocycles. The van der Waals surface area contributed by atoms with E-state index in [4.69, 9.17) is 14.2 Å². The van der Waals surface area contributed by atoms with Gasteiger partial charge in [-0.15, -0.1) is 0 Å². The van der Waals surface area contributed by atoms with Crippen molar-refractivity contribution in [1.29, 1.82) is 0 Å². The maximum absolute atomic E-state index is 14.4. The van der Waals surface area contributed by atoms with Crippen LogP contribution in [0, 0.1) is 5.82 Å². The maximum atomic E-state index is 14.4. The molecule has 170 valence electrons. The molecular weight excluding hydrogens is 409 g/mol. The van der Waals surface area contributed by atoms with Gasteiger partial charge in [-0.05, 0) is 55.2 Å². The molecule has 0 saturated carbocycles. The van der Waals surface area contributed by atoms with E-state index in [1.807, 2.05) is 6.07 Å². The summed E-state index contributed by atoms with van der Waals surface area (Å²) in [5.41, 5.74) is 6.79. The van der Waals surface area contributed by atoms with Crippen molar-refractivity contribution < 1.29 is 18.6 Å². The summed E-state index contributed by atoms with van der Waals surface area (Å²) in [5, 5.41) is 4.49. The zero-order valence-electron chi connectivity index (χ0n) is 18.9. The molecule has 3 aliphatic rings. The largest absolute Gasteiger partial charge is 0.489 e. The van der Waals surface area contributed by atoms with E-state index in [1.165, 1.54) is 17.3 Å². The standard InChI is InChI=1S/C25H30FN3O3/c1-24(2)28-27-23-7-5-18-12-17(4-6-22(18)29(23)24)16-32-21-14-19(13-20(26)15-21)25(30-3)8-10-31-11-9-25/h4,6,12-15,28H,5,7-11,16H2,1-3H3. The average molecular weight is 440 g/mol. The number of methoxy groups -OCH3 is 1. The zero-order chi connectivity index (χ0) is 22.3. The van der Waals surface area contributed by atoms with Crippen molar-refractivity contribution in [1.82, 2.24) is 5.43 Å². The van der Waals surface area contributed by atoms with E-state index in [-0.39, 0.29) is 11.5 Å². The molecule has 2 aromatic carbocycles. The second-order valence-electron chi connectivity index (χ2n) is 9.27. The van der Waals surface area contributed by atoms with Crippen molar-refractivity contribution in [2.24, 2.45) is 5.10 Å². The monoisotopic (exact) mass is 439 g/mol. The van der Waals surface area contributed by atoms with Gasteiger partial charge in [-0.3, -0.25) is 5.43 Å². The van der Waals surface area contributed by atoms with Crippen molar-refractivity contribution in [3.8, 4) is 5.75 Å². The predicted molar refractivity (Wildman–Crippen MR) is 121 cm³/mol. The van der Waals surface area contributed by atoms with Crippen molar-refractivity contribution in [2.45, 2.75) is 57.4 Å². The molecule has 5 rings (SSSR count). The summed E-state index contributed by atoms with van der Waals surface area (Å²) in [6.45, 7) is 5.84. The number of benzene rings is 2. The van der Waals surface area contributed by atoms with E-state index in [1.54, 1.807) is 13.2 Å². The first-order valence-electron chi connectivity index (χ1n) is 11.2. The van der Waals surface area contributed by atoms with Crippen LogP contribution in [0.1, 0.15) is 49.8 Å². The molecule has 0 spiro atoms. The number of hydrogen-bond donors (Lipinski definition) is 1. The number of nitrogens with zero attached hydrogens (tertiary/aromatic N) is 2. The fourth-order valence-corrected chi connectivity index (χ4v) is 5.01. The Morgan fingerprint density at radius 1 is 1.12 bits per heavy atom. The highest BCUT2D eigenvalue weighted by molar-refractivity contribution is 6.02. The summed E-state index contributed by atoms with van der Waals surface area (Å²) in [7, 11) is 1.68. The normalized spacial score (nSPS) is 20.8. The van der Waals surface area contributed by atoms with E-state index in [2.05, 4.69) is 47.5 Å². The number of nitrogens with one attached hydrogen (secondary N) is 1. The van der Waals surface area contributed by atoms with Crippen LogP contribution in [0.15, 0.2) is 41.5 Å². The Labute approximate surface area is 188 Å². The minimum atomic E-state index is -0.528. The van der Waals surface area contributed by atoms with E-state index in [9.17, 15) is 4.39 Å². The summed E-state index contributed by atoms with van der Waals surface area (Å²) in [6.07, 6.45) is 3.25. The van der Waals surface area contributed by atoms with Crippen LogP contribution in [-0.2, 0) is 28.1 Å². The zero-order valence-corrected chi connectivity index (χ0v) is 18.9. The van der Waals surface area contributed by atoms with Gasteiger partial charge in [0, 0.05) is 51.3 Å². The van der Waals surface area contributed by atoms with Gasteiger partial charge in [0.2, 0.25) is 0 Å². The van der Waals surface area contributed by atoms with Crippen LogP contribution < -0.4 is 15.1 Å². The molecule has 0 aromatic heterocycles. The van der Waals surface area contributed by atoms with E-state index in [0.29, 0.717) is 38.4 Å². The van der Waals surface area contributed by atoms with Crippen LogP contribution in [-0.4, -0.2) is 31.8 Å². The highest BCUT2D eigenvalue weighted by Crippen LogP contribution is 2.38. The predicted octanol–water partition coefficient (Wildman–Crippen LogP) is 4.46. The van der Waals surface area contributed by atoms with Crippen LogP contribution in [0.3, 0.4) is 0 Å². The summed E-state index contributed by atoms with van der Waals surface area (Å²) < 4.78 is 31.8. The van der Waals surface area contributed by atoms with Crippen molar-refractivity contribution >= 4 is 11.5 Å². The summed E-state index contributed by atoms with van der Waals surface area (Å²) in [4.78, 5) is 2.27. The number of hydrazone groups is 1. The Morgan fingerprint density at radius 2 is 1.94 bits per heavy atom.